The Bertz CT molecular complexity index is 1290. The average Bonchev–Trinajstić information content (AvgIpc) is 2.79. The Hall–Kier alpha value is -2.20. The molecule has 2 aromatic carbocycles. The number of esters is 1. The van der Waals surface area contributed by atoms with Crippen molar-refractivity contribution in [2.24, 2.45) is 0 Å². The number of amides is 1. The number of rotatable bonds is 6. The average molecular weight is 557 g/mol. The zero-order chi connectivity index (χ0) is 26.2. The highest BCUT2D eigenvalue weighted by Gasteiger charge is 2.50. The first-order valence-corrected chi connectivity index (χ1v) is 14.4. The summed E-state index contributed by atoms with van der Waals surface area (Å²) >= 11 is 12.7. The van der Waals surface area contributed by atoms with E-state index in [1.54, 1.807) is 24.0 Å². The number of hydrogen-bond acceptors (Lipinski definition) is 5. The lowest BCUT2D eigenvalue weighted by atomic mass is 9.77. The normalized spacial score (nSPS) is 24.4. The summed E-state index contributed by atoms with van der Waals surface area (Å²) in [6.45, 7) is 1.74. The Kier molecular flexibility index (Phi) is 7.95. The van der Waals surface area contributed by atoms with Gasteiger partial charge in [0.25, 0.3) is 5.91 Å². The Morgan fingerprint density at radius 2 is 1.86 bits per heavy atom. The van der Waals surface area contributed by atoms with E-state index in [0.29, 0.717) is 23.4 Å². The van der Waals surface area contributed by atoms with E-state index in [9.17, 15) is 22.4 Å². The predicted molar refractivity (Wildman–Crippen MR) is 135 cm³/mol. The second kappa shape index (κ2) is 10.7. The van der Waals surface area contributed by atoms with Crippen LogP contribution in [-0.4, -0.2) is 50.1 Å². The van der Waals surface area contributed by atoms with Crippen LogP contribution in [0.3, 0.4) is 0 Å². The fraction of sp³-hybridized carbons (Fsp3) is 0.440. The van der Waals surface area contributed by atoms with E-state index in [2.05, 4.69) is 4.72 Å². The fourth-order valence-corrected chi connectivity index (χ4v) is 6.70. The Balaban J connectivity index is 1.96. The van der Waals surface area contributed by atoms with Gasteiger partial charge in [-0.2, -0.15) is 0 Å². The van der Waals surface area contributed by atoms with Gasteiger partial charge in [-0.05, 0) is 61.2 Å². The molecule has 2 aliphatic rings. The summed E-state index contributed by atoms with van der Waals surface area (Å²) in [5, 5.41) is 0.591. The fourth-order valence-electron chi connectivity index (χ4n) is 5.35. The van der Waals surface area contributed by atoms with E-state index >= 15 is 0 Å². The molecule has 1 aliphatic heterocycles. The first kappa shape index (κ1) is 26.9. The lowest BCUT2D eigenvalue weighted by molar-refractivity contribution is -0.147. The second-order valence-corrected chi connectivity index (χ2v) is 11.8. The van der Waals surface area contributed by atoms with Crippen LogP contribution in [0.4, 0.5) is 4.39 Å². The van der Waals surface area contributed by atoms with Crippen molar-refractivity contribution in [2.45, 2.75) is 56.7 Å². The van der Waals surface area contributed by atoms with Gasteiger partial charge in [-0.3, -0.25) is 9.59 Å². The van der Waals surface area contributed by atoms with Gasteiger partial charge in [0.15, 0.2) is 0 Å². The summed E-state index contributed by atoms with van der Waals surface area (Å²) in [6, 6.07) is 6.32. The Labute approximate surface area is 220 Å². The summed E-state index contributed by atoms with van der Waals surface area (Å²) in [6.07, 6.45) is 3.64. The Morgan fingerprint density at radius 3 is 2.53 bits per heavy atom. The lowest BCUT2D eigenvalue weighted by Gasteiger charge is -2.49. The molecule has 0 saturated heterocycles. The van der Waals surface area contributed by atoms with Gasteiger partial charge < -0.3 is 9.64 Å². The molecule has 0 aromatic heterocycles. The molecule has 0 spiro atoms. The zero-order valence-electron chi connectivity index (χ0n) is 19.8. The minimum atomic E-state index is -3.59. The van der Waals surface area contributed by atoms with Crippen LogP contribution in [0.5, 0.6) is 0 Å². The zero-order valence-corrected chi connectivity index (χ0v) is 22.2. The van der Waals surface area contributed by atoms with Gasteiger partial charge in [-0.25, -0.2) is 17.5 Å². The second-order valence-electron chi connectivity index (χ2n) is 9.13. The molecule has 1 saturated carbocycles. The molecular formula is C25H27Cl2FN2O5S. The number of carbonyl (C=O) groups is 2. The van der Waals surface area contributed by atoms with E-state index in [0.717, 1.165) is 19.1 Å². The van der Waals surface area contributed by atoms with Crippen LogP contribution in [-0.2, 0) is 19.6 Å². The Morgan fingerprint density at radius 1 is 1.14 bits per heavy atom. The largest absolute Gasteiger partial charge is 0.465 e. The molecule has 4 rings (SSSR count). The summed E-state index contributed by atoms with van der Waals surface area (Å²) in [5.74, 6) is -2.76. The smallest absolute Gasteiger partial charge is 0.315 e. The van der Waals surface area contributed by atoms with Gasteiger partial charge in [0, 0.05) is 27.7 Å². The van der Waals surface area contributed by atoms with Crippen LogP contribution in [0.25, 0.3) is 0 Å². The van der Waals surface area contributed by atoms with Crippen molar-refractivity contribution < 1.29 is 27.1 Å². The van der Waals surface area contributed by atoms with E-state index < -0.39 is 51.8 Å². The maximum atomic E-state index is 14.4. The number of ether oxygens (including phenoxy) is 1. The van der Waals surface area contributed by atoms with E-state index in [1.165, 1.54) is 24.3 Å². The van der Waals surface area contributed by atoms with Crippen molar-refractivity contribution in [3.8, 4) is 0 Å². The molecule has 1 amide bonds. The van der Waals surface area contributed by atoms with Crippen LogP contribution < -0.4 is 4.72 Å². The maximum Gasteiger partial charge on any atom is 0.315 e. The highest BCUT2D eigenvalue weighted by molar-refractivity contribution is 7.88. The molecule has 0 unspecified atom stereocenters. The summed E-state index contributed by atoms with van der Waals surface area (Å²) in [4.78, 5) is 29.0. The number of nitrogens with one attached hydrogen (secondary N) is 1. The molecule has 1 aliphatic carbocycles. The van der Waals surface area contributed by atoms with Crippen LogP contribution in [0.15, 0.2) is 36.4 Å². The molecule has 1 heterocycles. The third kappa shape index (κ3) is 5.39. The van der Waals surface area contributed by atoms with Gasteiger partial charge in [0.1, 0.15) is 11.7 Å². The summed E-state index contributed by atoms with van der Waals surface area (Å²) < 4.78 is 46.8. The van der Waals surface area contributed by atoms with Crippen molar-refractivity contribution >= 4 is 45.1 Å². The predicted octanol–water partition coefficient (Wildman–Crippen LogP) is 4.84. The number of carbonyl (C=O) groups excluding carboxylic acids is 2. The van der Waals surface area contributed by atoms with Gasteiger partial charge in [-0.1, -0.05) is 42.1 Å². The van der Waals surface area contributed by atoms with Crippen LogP contribution >= 0.6 is 23.2 Å². The van der Waals surface area contributed by atoms with Crippen molar-refractivity contribution in [1.82, 2.24) is 9.62 Å². The van der Waals surface area contributed by atoms with Gasteiger partial charge in [0.05, 0.1) is 18.9 Å². The van der Waals surface area contributed by atoms with Crippen LogP contribution in [0, 0.1) is 5.82 Å². The molecule has 36 heavy (non-hydrogen) atoms. The summed E-state index contributed by atoms with van der Waals surface area (Å²) in [5.41, 5.74) is 0.805. The van der Waals surface area contributed by atoms with Crippen LogP contribution in [0.1, 0.15) is 66.1 Å². The molecule has 2 aromatic rings. The molecule has 7 nitrogen and oxygen atoms in total. The van der Waals surface area contributed by atoms with Crippen LogP contribution in [0.2, 0.25) is 10.0 Å². The van der Waals surface area contributed by atoms with E-state index in [4.69, 9.17) is 27.9 Å². The topological polar surface area (TPSA) is 92.8 Å². The molecule has 194 valence electrons. The highest BCUT2D eigenvalue weighted by atomic mass is 35.5. The summed E-state index contributed by atoms with van der Waals surface area (Å²) in [7, 11) is -3.59. The third-order valence-electron chi connectivity index (χ3n) is 6.70. The number of sulfonamides is 1. The number of halogens is 3. The lowest BCUT2D eigenvalue weighted by Crippen LogP contribution is -2.58. The van der Waals surface area contributed by atoms with Crippen molar-refractivity contribution in [1.29, 1.82) is 0 Å². The minimum absolute atomic E-state index is 0.0800. The van der Waals surface area contributed by atoms with Gasteiger partial charge in [0.2, 0.25) is 10.0 Å². The SMILES string of the molecule is CCOC(=O)[C@@H]1c2cc(F)ccc2C(=O)N([C@H]2CCCC[C@@H]2NS(C)(=O)=O)[C@H]1c1ccc(Cl)cc1Cl. The maximum absolute atomic E-state index is 14.4. The standard InChI is InChI=1S/C25H27Cl2FN2O5S/c1-3-35-25(32)22-18-13-15(28)9-11-16(18)24(31)30(23(22)17-10-8-14(26)12-19(17)27)21-7-5-4-6-20(21)29-36(2,33)34/h8-13,20-23,29H,3-7H2,1-2H3/t20-,21-,22+,23-/m0/s1. The first-order valence-electron chi connectivity index (χ1n) is 11.7. The quantitative estimate of drug-likeness (QED) is 0.514. The number of nitrogens with zero attached hydrogens (tertiary/aromatic N) is 1. The third-order valence-corrected chi connectivity index (χ3v) is 8.00. The molecule has 1 fully saturated rings. The molecule has 11 heteroatoms. The molecule has 0 radical (unpaired) electrons. The molecule has 0 bridgehead atoms. The first-order chi connectivity index (χ1) is 17.0. The van der Waals surface area contributed by atoms with Gasteiger partial charge in [-0.15, -0.1) is 0 Å². The molecule has 1 N–H and O–H groups in total. The molecule has 4 atom stereocenters. The minimum Gasteiger partial charge on any atom is -0.465 e. The number of fused-ring (bicyclic) bond motifs is 1. The molecular weight excluding hydrogens is 530 g/mol. The van der Waals surface area contributed by atoms with E-state index in [1.807, 2.05) is 0 Å². The van der Waals surface area contributed by atoms with Crippen molar-refractivity contribution in [2.75, 3.05) is 12.9 Å². The number of hydrogen-bond donors (Lipinski definition) is 1. The monoisotopic (exact) mass is 556 g/mol. The van der Waals surface area contributed by atoms with Crippen molar-refractivity contribution in [3.63, 3.8) is 0 Å². The van der Waals surface area contributed by atoms with Gasteiger partial charge >= 0.3 is 5.97 Å². The highest BCUT2D eigenvalue weighted by Crippen LogP contribution is 2.48. The number of benzene rings is 2. The van der Waals surface area contributed by atoms with Crippen molar-refractivity contribution in [3.05, 3.63) is 69.0 Å². The van der Waals surface area contributed by atoms with E-state index in [-0.39, 0.29) is 22.8 Å².